The van der Waals surface area contributed by atoms with Crippen LogP contribution in [0.2, 0.25) is 0 Å². The third kappa shape index (κ3) is 1.90. The summed E-state index contributed by atoms with van der Waals surface area (Å²) in [5.74, 6) is 3.68. The van der Waals surface area contributed by atoms with Gasteiger partial charge in [-0.15, -0.1) is 0 Å². The Hall–Kier alpha value is -1.56. The van der Waals surface area contributed by atoms with E-state index in [2.05, 4.69) is 16.4 Å². The maximum absolute atomic E-state index is 8.99. The molecule has 5 rings (SSSR count). The number of rotatable bonds is 2. The summed E-state index contributed by atoms with van der Waals surface area (Å²) in [6.07, 6.45) is 10.00. The Morgan fingerprint density at radius 3 is 2.37 bits per heavy atom. The fourth-order valence-electron chi connectivity index (χ4n) is 5.10. The monoisotopic (exact) mass is 253 g/mol. The van der Waals surface area contributed by atoms with Crippen LogP contribution in [0.15, 0.2) is 18.3 Å². The van der Waals surface area contributed by atoms with Gasteiger partial charge in [-0.1, -0.05) is 0 Å². The van der Waals surface area contributed by atoms with Crippen LogP contribution < -0.4 is 5.32 Å². The molecule has 0 saturated heterocycles. The number of nitrogens with one attached hydrogen (secondary N) is 1. The number of aromatic nitrogens is 1. The zero-order chi connectivity index (χ0) is 12.9. The van der Waals surface area contributed by atoms with Crippen LogP contribution in [0.25, 0.3) is 0 Å². The van der Waals surface area contributed by atoms with Gasteiger partial charge in [0.25, 0.3) is 0 Å². The molecule has 4 aliphatic carbocycles. The molecule has 1 aromatic heterocycles. The second-order valence-electron chi connectivity index (χ2n) is 6.86. The quantitative estimate of drug-likeness (QED) is 0.879. The first-order valence-corrected chi connectivity index (χ1v) is 7.39. The summed E-state index contributed by atoms with van der Waals surface area (Å²) in [4.78, 5) is 4.40. The molecule has 0 amide bonds. The SMILES string of the molecule is N#Cc1ccnc(NC23CC4CC(CC(C4)C2)C3)c1. The molecular weight excluding hydrogens is 234 g/mol. The van der Waals surface area contributed by atoms with Gasteiger partial charge >= 0.3 is 0 Å². The van der Waals surface area contributed by atoms with E-state index >= 15 is 0 Å². The Morgan fingerprint density at radius 2 is 1.79 bits per heavy atom. The van der Waals surface area contributed by atoms with E-state index < -0.39 is 0 Å². The topological polar surface area (TPSA) is 48.7 Å². The lowest BCUT2D eigenvalue weighted by Crippen LogP contribution is -2.54. The molecule has 0 aliphatic heterocycles. The maximum Gasteiger partial charge on any atom is 0.127 e. The van der Waals surface area contributed by atoms with Crippen LogP contribution in [0.3, 0.4) is 0 Å². The van der Waals surface area contributed by atoms with Gasteiger partial charge in [-0.05, 0) is 68.4 Å². The molecule has 1 heterocycles. The molecule has 3 nitrogen and oxygen atoms in total. The fraction of sp³-hybridized carbons (Fsp3) is 0.625. The normalized spacial score (nSPS) is 39.0. The average molecular weight is 253 g/mol. The summed E-state index contributed by atoms with van der Waals surface area (Å²) in [7, 11) is 0. The molecule has 1 aromatic rings. The third-order valence-corrected chi connectivity index (χ3v) is 5.32. The predicted molar refractivity (Wildman–Crippen MR) is 73.5 cm³/mol. The molecule has 4 aliphatic rings. The van der Waals surface area contributed by atoms with E-state index in [0.29, 0.717) is 5.56 Å². The smallest absolute Gasteiger partial charge is 0.127 e. The van der Waals surface area contributed by atoms with Crippen molar-refractivity contribution in [1.82, 2.24) is 4.98 Å². The lowest BCUT2D eigenvalue weighted by atomic mass is 9.53. The van der Waals surface area contributed by atoms with Crippen molar-refractivity contribution in [2.24, 2.45) is 17.8 Å². The molecular formula is C16H19N3. The molecule has 98 valence electrons. The Morgan fingerprint density at radius 1 is 1.16 bits per heavy atom. The average Bonchev–Trinajstić information content (AvgIpc) is 2.36. The van der Waals surface area contributed by atoms with Crippen molar-refractivity contribution >= 4 is 5.82 Å². The number of hydrogen-bond acceptors (Lipinski definition) is 3. The van der Waals surface area contributed by atoms with Crippen LogP contribution in [0.1, 0.15) is 44.1 Å². The van der Waals surface area contributed by atoms with E-state index in [-0.39, 0.29) is 5.54 Å². The number of nitriles is 1. The van der Waals surface area contributed by atoms with Crippen LogP contribution in [-0.2, 0) is 0 Å². The largest absolute Gasteiger partial charge is 0.365 e. The highest BCUT2D eigenvalue weighted by Crippen LogP contribution is 2.56. The molecule has 0 radical (unpaired) electrons. The van der Waals surface area contributed by atoms with Crippen LogP contribution in [0, 0.1) is 29.1 Å². The van der Waals surface area contributed by atoms with Crippen molar-refractivity contribution in [3.05, 3.63) is 23.9 Å². The van der Waals surface area contributed by atoms with Crippen LogP contribution >= 0.6 is 0 Å². The first-order valence-electron chi connectivity index (χ1n) is 7.39. The van der Waals surface area contributed by atoms with Crippen LogP contribution in [0.5, 0.6) is 0 Å². The fourth-order valence-corrected chi connectivity index (χ4v) is 5.10. The summed E-state index contributed by atoms with van der Waals surface area (Å²) in [6, 6.07) is 5.85. The lowest BCUT2D eigenvalue weighted by Gasteiger charge is -2.57. The minimum atomic E-state index is 0.274. The maximum atomic E-state index is 8.99. The van der Waals surface area contributed by atoms with E-state index in [4.69, 9.17) is 5.26 Å². The van der Waals surface area contributed by atoms with Crippen molar-refractivity contribution in [3.8, 4) is 6.07 Å². The summed E-state index contributed by atoms with van der Waals surface area (Å²) in [5, 5.41) is 12.7. The van der Waals surface area contributed by atoms with E-state index in [1.165, 1.54) is 38.5 Å². The van der Waals surface area contributed by atoms with Crippen molar-refractivity contribution in [1.29, 1.82) is 5.26 Å². The van der Waals surface area contributed by atoms with Gasteiger partial charge in [0.2, 0.25) is 0 Å². The van der Waals surface area contributed by atoms with Crippen molar-refractivity contribution in [3.63, 3.8) is 0 Å². The van der Waals surface area contributed by atoms with Gasteiger partial charge in [0, 0.05) is 11.7 Å². The molecule has 1 N–H and O–H groups in total. The van der Waals surface area contributed by atoms with Gasteiger partial charge in [-0.25, -0.2) is 4.98 Å². The molecule has 19 heavy (non-hydrogen) atoms. The van der Waals surface area contributed by atoms with Gasteiger partial charge in [0.15, 0.2) is 0 Å². The van der Waals surface area contributed by atoms with E-state index in [1.807, 2.05) is 6.07 Å². The van der Waals surface area contributed by atoms with Gasteiger partial charge < -0.3 is 5.32 Å². The van der Waals surface area contributed by atoms with Crippen LogP contribution in [0.4, 0.5) is 5.82 Å². The number of pyridine rings is 1. The molecule has 0 unspecified atom stereocenters. The minimum absolute atomic E-state index is 0.274. The molecule has 0 aromatic carbocycles. The molecule has 4 bridgehead atoms. The molecule has 3 heteroatoms. The predicted octanol–water partition coefficient (Wildman–Crippen LogP) is 3.33. The highest BCUT2D eigenvalue weighted by molar-refractivity contribution is 5.45. The third-order valence-electron chi connectivity index (χ3n) is 5.32. The minimum Gasteiger partial charge on any atom is -0.365 e. The first kappa shape index (κ1) is 11.3. The molecule has 0 atom stereocenters. The Kier molecular flexibility index (Phi) is 2.35. The van der Waals surface area contributed by atoms with Crippen molar-refractivity contribution < 1.29 is 0 Å². The van der Waals surface area contributed by atoms with Crippen molar-refractivity contribution in [2.75, 3.05) is 5.32 Å². The van der Waals surface area contributed by atoms with E-state index in [0.717, 1.165) is 23.6 Å². The zero-order valence-corrected chi connectivity index (χ0v) is 11.1. The summed E-state index contributed by atoms with van der Waals surface area (Å²) in [6.45, 7) is 0. The highest BCUT2D eigenvalue weighted by atomic mass is 15.1. The summed E-state index contributed by atoms with van der Waals surface area (Å²) in [5.41, 5.74) is 0.970. The Labute approximate surface area is 114 Å². The second-order valence-corrected chi connectivity index (χ2v) is 6.86. The standard InChI is InChI=1S/C16H19N3/c17-10-11-1-2-18-15(6-11)19-16-7-12-3-13(8-16)5-14(4-12)9-16/h1-2,6,12-14H,3-5,7-9H2,(H,18,19). The molecule has 0 spiro atoms. The van der Waals surface area contributed by atoms with Gasteiger partial charge in [-0.2, -0.15) is 5.26 Å². The lowest BCUT2D eigenvalue weighted by molar-refractivity contribution is 0.0105. The number of nitrogens with zero attached hydrogens (tertiary/aromatic N) is 2. The zero-order valence-electron chi connectivity index (χ0n) is 11.1. The van der Waals surface area contributed by atoms with Crippen molar-refractivity contribution in [2.45, 2.75) is 44.1 Å². The van der Waals surface area contributed by atoms with Gasteiger partial charge in [0.1, 0.15) is 5.82 Å². The summed E-state index contributed by atoms with van der Waals surface area (Å²) < 4.78 is 0. The van der Waals surface area contributed by atoms with E-state index in [1.54, 1.807) is 12.3 Å². The molecule has 4 fully saturated rings. The second kappa shape index (κ2) is 3.96. The Balaban J connectivity index is 1.60. The number of hydrogen-bond donors (Lipinski definition) is 1. The van der Waals surface area contributed by atoms with E-state index in [9.17, 15) is 0 Å². The molecule has 4 saturated carbocycles. The van der Waals surface area contributed by atoms with Crippen LogP contribution in [-0.4, -0.2) is 10.5 Å². The highest BCUT2D eigenvalue weighted by Gasteiger charge is 2.50. The van der Waals surface area contributed by atoms with Gasteiger partial charge in [-0.3, -0.25) is 0 Å². The van der Waals surface area contributed by atoms with Gasteiger partial charge in [0.05, 0.1) is 11.6 Å². The first-order chi connectivity index (χ1) is 9.25. The number of anilines is 1. The Bertz CT molecular complexity index is 508. The summed E-state index contributed by atoms with van der Waals surface area (Å²) >= 11 is 0.